The summed E-state index contributed by atoms with van der Waals surface area (Å²) < 4.78 is 2.27. The molecule has 4 rings (SSSR count). The van der Waals surface area contributed by atoms with Gasteiger partial charge in [0, 0.05) is 50.5 Å². The van der Waals surface area contributed by atoms with Gasteiger partial charge in [-0.15, -0.1) is 0 Å². The zero-order valence-electron chi connectivity index (χ0n) is 12.9. The van der Waals surface area contributed by atoms with Gasteiger partial charge in [-0.2, -0.15) is 0 Å². The lowest BCUT2D eigenvalue weighted by atomic mass is 10.3. The maximum Gasteiger partial charge on any atom is 0.225 e. The number of aliphatic hydroxyl groups is 1. The quantitative estimate of drug-likeness (QED) is 0.886. The lowest BCUT2D eigenvalue weighted by Crippen LogP contribution is -2.38. The number of hydrogen-bond donors (Lipinski definition) is 1. The van der Waals surface area contributed by atoms with Gasteiger partial charge in [0.1, 0.15) is 5.82 Å². The summed E-state index contributed by atoms with van der Waals surface area (Å²) in [5.74, 6) is 1.55. The van der Waals surface area contributed by atoms with Crippen LogP contribution in [0.15, 0.2) is 12.4 Å². The highest BCUT2D eigenvalue weighted by atomic mass is 16.3. The molecule has 0 bridgehead atoms. The van der Waals surface area contributed by atoms with E-state index in [1.807, 2.05) is 11.1 Å². The minimum atomic E-state index is -0.463. The van der Waals surface area contributed by atoms with Crippen LogP contribution in [0.3, 0.4) is 0 Å². The van der Waals surface area contributed by atoms with Crippen molar-refractivity contribution in [2.75, 3.05) is 26.2 Å². The van der Waals surface area contributed by atoms with Gasteiger partial charge in [0.05, 0.1) is 12.6 Å². The van der Waals surface area contributed by atoms with Crippen molar-refractivity contribution in [1.29, 1.82) is 0 Å². The summed E-state index contributed by atoms with van der Waals surface area (Å²) >= 11 is 0. The summed E-state index contributed by atoms with van der Waals surface area (Å²) in [5, 5.41) is 10.2. The molecule has 6 nitrogen and oxygen atoms in total. The van der Waals surface area contributed by atoms with E-state index in [0.29, 0.717) is 19.1 Å². The molecule has 0 unspecified atom stereocenters. The van der Waals surface area contributed by atoms with Crippen LogP contribution in [-0.2, 0) is 11.3 Å². The van der Waals surface area contributed by atoms with Crippen molar-refractivity contribution in [3.05, 3.63) is 18.2 Å². The van der Waals surface area contributed by atoms with E-state index in [9.17, 15) is 9.90 Å². The van der Waals surface area contributed by atoms with Crippen molar-refractivity contribution in [3.63, 3.8) is 0 Å². The van der Waals surface area contributed by atoms with Gasteiger partial charge < -0.3 is 14.6 Å². The van der Waals surface area contributed by atoms with E-state index in [4.69, 9.17) is 0 Å². The molecule has 2 saturated carbocycles. The van der Waals surface area contributed by atoms with Gasteiger partial charge in [-0.3, -0.25) is 9.69 Å². The average molecular weight is 304 g/mol. The van der Waals surface area contributed by atoms with Gasteiger partial charge in [0.25, 0.3) is 0 Å². The zero-order chi connectivity index (χ0) is 15.1. The van der Waals surface area contributed by atoms with Crippen LogP contribution < -0.4 is 0 Å². The number of hydrogen-bond acceptors (Lipinski definition) is 4. The Hall–Kier alpha value is -1.40. The molecule has 0 aromatic carbocycles. The highest BCUT2D eigenvalue weighted by Gasteiger charge is 2.35. The standard InChI is InChI=1S/C16H24N4O2/c21-14-9-18(7-8-19(10-14)16(22)12-1-2-12)11-15-17-5-6-20(15)13-3-4-13/h5-6,12-14,21H,1-4,7-11H2/t14-/m1/s1. The predicted octanol–water partition coefficient (Wildman–Crippen LogP) is 0.633. The molecule has 0 spiro atoms. The number of amides is 1. The largest absolute Gasteiger partial charge is 0.390 e. The molecule has 1 aromatic heterocycles. The van der Waals surface area contributed by atoms with Crippen molar-refractivity contribution in [3.8, 4) is 0 Å². The molecule has 1 saturated heterocycles. The first-order valence-electron chi connectivity index (χ1n) is 8.41. The predicted molar refractivity (Wildman–Crippen MR) is 81.1 cm³/mol. The molecule has 2 aliphatic carbocycles. The summed E-state index contributed by atoms with van der Waals surface area (Å²) in [6, 6.07) is 0.627. The van der Waals surface area contributed by atoms with Crippen molar-refractivity contribution >= 4 is 5.91 Å². The Bertz CT molecular complexity index is 550. The number of carbonyl (C=O) groups excluding carboxylic acids is 1. The number of aromatic nitrogens is 2. The van der Waals surface area contributed by atoms with E-state index in [1.54, 1.807) is 0 Å². The van der Waals surface area contributed by atoms with Crippen LogP contribution in [0, 0.1) is 5.92 Å². The first kappa shape index (κ1) is 14.2. The second kappa shape index (κ2) is 5.66. The lowest BCUT2D eigenvalue weighted by Gasteiger charge is -2.21. The van der Waals surface area contributed by atoms with Gasteiger partial charge in [-0.25, -0.2) is 4.98 Å². The van der Waals surface area contributed by atoms with Gasteiger partial charge in [0.15, 0.2) is 0 Å². The normalized spacial score (nSPS) is 27.0. The molecule has 1 aliphatic heterocycles. The molecule has 120 valence electrons. The fourth-order valence-electron chi connectivity index (χ4n) is 3.34. The lowest BCUT2D eigenvalue weighted by molar-refractivity contribution is -0.133. The van der Waals surface area contributed by atoms with Crippen molar-refractivity contribution in [1.82, 2.24) is 19.4 Å². The molecule has 1 N–H and O–H groups in total. The Morgan fingerprint density at radius 1 is 1.23 bits per heavy atom. The van der Waals surface area contributed by atoms with E-state index in [0.717, 1.165) is 38.3 Å². The number of carbonyl (C=O) groups is 1. The van der Waals surface area contributed by atoms with Gasteiger partial charge >= 0.3 is 0 Å². The molecular formula is C16H24N4O2. The Balaban J connectivity index is 1.40. The highest BCUT2D eigenvalue weighted by molar-refractivity contribution is 5.81. The maximum absolute atomic E-state index is 12.2. The minimum absolute atomic E-state index is 0.229. The monoisotopic (exact) mass is 304 g/mol. The molecule has 1 atom stereocenters. The topological polar surface area (TPSA) is 61.6 Å². The second-order valence-corrected chi connectivity index (χ2v) is 6.93. The van der Waals surface area contributed by atoms with Crippen LogP contribution in [0.1, 0.15) is 37.5 Å². The number of rotatable bonds is 4. The van der Waals surface area contributed by atoms with Crippen LogP contribution in [0.4, 0.5) is 0 Å². The molecule has 1 amide bonds. The fraction of sp³-hybridized carbons (Fsp3) is 0.750. The van der Waals surface area contributed by atoms with E-state index in [-0.39, 0.29) is 11.8 Å². The van der Waals surface area contributed by atoms with E-state index < -0.39 is 6.10 Å². The molecule has 1 aromatic rings. The number of nitrogens with zero attached hydrogens (tertiary/aromatic N) is 4. The molecular weight excluding hydrogens is 280 g/mol. The Morgan fingerprint density at radius 3 is 2.77 bits per heavy atom. The van der Waals surface area contributed by atoms with Gasteiger partial charge in [0.2, 0.25) is 5.91 Å². The Labute approximate surface area is 130 Å². The van der Waals surface area contributed by atoms with Crippen LogP contribution in [0.5, 0.6) is 0 Å². The van der Waals surface area contributed by atoms with E-state index in [2.05, 4.69) is 20.6 Å². The average Bonchev–Trinajstić information content (AvgIpc) is 3.39. The van der Waals surface area contributed by atoms with Crippen LogP contribution in [-0.4, -0.2) is 62.6 Å². The molecule has 3 fully saturated rings. The summed E-state index contributed by atoms with van der Waals surface area (Å²) in [5.41, 5.74) is 0. The molecule has 6 heteroatoms. The van der Waals surface area contributed by atoms with Crippen molar-refractivity contribution < 1.29 is 9.90 Å². The number of imidazole rings is 1. The van der Waals surface area contributed by atoms with Crippen LogP contribution >= 0.6 is 0 Å². The first-order chi connectivity index (χ1) is 10.7. The second-order valence-electron chi connectivity index (χ2n) is 6.93. The van der Waals surface area contributed by atoms with E-state index in [1.165, 1.54) is 12.8 Å². The third-order valence-electron chi connectivity index (χ3n) is 4.88. The summed E-state index contributed by atoms with van der Waals surface area (Å²) in [6.07, 6.45) is 8.00. The number of aliphatic hydroxyl groups excluding tert-OH is 1. The van der Waals surface area contributed by atoms with Gasteiger partial charge in [-0.05, 0) is 25.7 Å². The first-order valence-corrected chi connectivity index (χ1v) is 8.41. The molecule has 0 radical (unpaired) electrons. The fourth-order valence-corrected chi connectivity index (χ4v) is 3.34. The number of β-amino-alcohol motifs (C(OH)–C–C–N with tert-alkyl or cyclic N) is 1. The molecule has 2 heterocycles. The smallest absolute Gasteiger partial charge is 0.225 e. The SMILES string of the molecule is O=C(C1CC1)N1CCN(Cc2nccn2C2CC2)C[C@@H](O)C1. The van der Waals surface area contributed by atoms with E-state index >= 15 is 0 Å². The minimum Gasteiger partial charge on any atom is -0.390 e. The highest BCUT2D eigenvalue weighted by Crippen LogP contribution is 2.35. The Kier molecular flexibility index (Phi) is 3.66. The summed E-state index contributed by atoms with van der Waals surface area (Å²) in [4.78, 5) is 20.8. The summed E-state index contributed by atoms with van der Waals surface area (Å²) in [7, 11) is 0. The third kappa shape index (κ3) is 3.03. The Morgan fingerprint density at radius 2 is 2.05 bits per heavy atom. The van der Waals surface area contributed by atoms with Crippen molar-refractivity contribution in [2.45, 2.75) is 44.4 Å². The van der Waals surface area contributed by atoms with Gasteiger partial charge in [-0.1, -0.05) is 0 Å². The third-order valence-corrected chi connectivity index (χ3v) is 4.88. The maximum atomic E-state index is 12.2. The van der Waals surface area contributed by atoms with Crippen molar-refractivity contribution in [2.24, 2.45) is 5.92 Å². The van der Waals surface area contributed by atoms with Crippen LogP contribution in [0.2, 0.25) is 0 Å². The molecule has 3 aliphatic rings. The van der Waals surface area contributed by atoms with Crippen LogP contribution in [0.25, 0.3) is 0 Å². The molecule has 22 heavy (non-hydrogen) atoms. The summed E-state index contributed by atoms with van der Waals surface area (Å²) in [6.45, 7) is 3.38. The zero-order valence-corrected chi connectivity index (χ0v) is 12.9.